The quantitative estimate of drug-likeness (QED) is 0.298. The van der Waals surface area contributed by atoms with Crippen LogP contribution in [0.25, 0.3) is 4.98 Å². The fourth-order valence-corrected chi connectivity index (χ4v) is 4.25. The molecule has 0 atom stereocenters. The summed E-state index contributed by atoms with van der Waals surface area (Å²) in [4.78, 5) is 1.26. The van der Waals surface area contributed by atoms with Crippen LogP contribution in [0.1, 0.15) is 5.56 Å². The van der Waals surface area contributed by atoms with Gasteiger partial charge in [0, 0.05) is 3.57 Å². The molecule has 0 saturated heterocycles. The van der Waals surface area contributed by atoms with E-state index in [1.165, 1.54) is 29.5 Å². The second-order valence-corrected chi connectivity index (χ2v) is 7.04. The molecule has 12 heteroatoms. The summed E-state index contributed by atoms with van der Waals surface area (Å²) in [5.74, 6) is 0. The Morgan fingerprint density at radius 3 is 2.00 bits per heavy atom. The summed E-state index contributed by atoms with van der Waals surface area (Å²) in [7, 11) is -9.30. The molecule has 0 amide bonds. The lowest BCUT2D eigenvalue weighted by Crippen LogP contribution is -3.00. The fraction of sp³-hybridized carbons (Fsp3) is 0.143. The third-order valence-corrected chi connectivity index (χ3v) is 5.70. The van der Waals surface area contributed by atoms with Gasteiger partial charge in [0.05, 0.1) is 6.07 Å². The number of benzene rings is 1. The zero-order valence-electron chi connectivity index (χ0n) is 9.07. The molecule has 8 nitrogen and oxygen atoms in total. The molecular weight excluding hydrogens is 479 g/mol. The first kappa shape index (κ1) is 18.7. The normalized spacial score (nSPS) is 11.5. The highest BCUT2D eigenvalue weighted by molar-refractivity contribution is 14.1. The zero-order valence-corrected chi connectivity index (χ0v) is 14.4. The van der Waals surface area contributed by atoms with Gasteiger partial charge in [-0.15, -0.1) is 0 Å². The Bertz CT molecular complexity index is 768. The van der Waals surface area contributed by atoms with Crippen molar-refractivity contribution in [2.24, 2.45) is 0 Å². The predicted octanol–water partition coefficient (Wildman–Crippen LogP) is -1.42. The van der Waals surface area contributed by atoms with Gasteiger partial charge in [-0.2, -0.15) is 16.8 Å². The molecule has 0 unspecified atom stereocenters. The predicted molar refractivity (Wildman–Crippen MR) is 68.3 cm³/mol. The SMILES string of the molecule is Cc1c(I)c(S(=O)(=O)O)cc([N+]#N)c1S(=O)(=O)O.[Br-]. The Kier molecular flexibility index (Phi) is 5.87. The summed E-state index contributed by atoms with van der Waals surface area (Å²) in [5.41, 5.74) is -0.830. The van der Waals surface area contributed by atoms with Crippen molar-refractivity contribution < 1.29 is 42.9 Å². The molecule has 0 bridgehead atoms. The fourth-order valence-electron chi connectivity index (χ4n) is 1.32. The van der Waals surface area contributed by atoms with E-state index < -0.39 is 35.7 Å². The number of rotatable bonds is 2. The van der Waals surface area contributed by atoms with Gasteiger partial charge in [-0.25, -0.2) is 0 Å². The smallest absolute Gasteiger partial charge is 0.407 e. The van der Waals surface area contributed by atoms with E-state index in [-0.39, 0.29) is 26.1 Å². The highest BCUT2D eigenvalue weighted by Crippen LogP contribution is 2.35. The second-order valence-electron chi connectivity index (χ2n) is 3.21. The maximum absolute atomic E-state index is 11.1. The number of nitrogens with zero attached hydrogens (tertiary/aromatic N) is 2. The summed E-state index contributed by atoms with van der Waals surface area (Å²) in [6, 6.07) is 0.646. The van der Waals surface area contributed by atoms with Crippen molar-refractivity contribution in [3.05, 3.63) is 20.2 Å². The lowest BCUT2D eigenvalue weighted by atomic mass is 10.2. The van der Waals surface area contributed by atoms with Crippen molar-refractivity contribution in [1.29, 1.82) is 5.39 Å². The largest absolute Gasteiger partial charge is 1.00 e. The Balaban J connectivity index is 0.00000324. The van der Waals surface area contributed by atoms with Gasteiger partial charge in [-0.1, -0.05) is 0 Å². The van der Waals surface area contributed by atoms with Crippen LogP contribution >= 0.6 is 22.6 Å². The van der Waals surface area contributed by atoms with Crippen molar-refractivity contribution in [2.45, 2.75) is 16.7 Å². The summed E-state index contributed by atoms with van der Waals surface area (Å²) < 4.78 is 62.2. The zero-order chi connectivity index (χ0) is 14.3. The van der Waals surface area contributed by atoms with Crippen LogP contribution in [0.3, 0.4) is 0 Å². The second kappa shape index (κ2) is 5.97. The van der Waals surface area contributed by atoms with Crippen molar-refractivity contribution in [1.82, 2.24) is 0 Å². The van der Waals surface area contributed by atoms with Gasteiger partial charge in [0.25, 0.3) is 10.1 Å². The average molecular weight is 485 g/mol. The molecule has 0 saturated carbocycles. The molecule has 0 fully saturated rings. The first-order valence-electron chi connectivity index (χ1n) is 4.13. The van der Waals surface area contributed by atoms with Crippen LogP contribution in [0.2, 0.25) is 0 Å². The van der Waals surface area contributed by atoms with E-state index in [0.717, 1.165) is 0 Å². The molecule has 0 aliphatic heterocycles. The van der Waals surface area contributed by atoms with Crippen molar-refractivity contribution in [2.75, 3.05) is 0 Å². The van der Waals surface area contributed by atoms with Crippen LogP contribution in [0.5, 0.6) is 0 Å². The van der Waals surface area contributed by atoms with E-state index in [0.29, 0.717) is 6.07 Å². The molecule has 0 aliphatic carbocycles. The Morgan fingerprint density at radius 1 is 1.21 bits per heavy atom. The third-order valence-electron chi connectivity index (χ3n) is 2.03. The van der Waals surface area contributed by atoms with Crippen LogP contribution in [0.4, 0.5) is 5.69 Å². The maximum atomic E-state index is 11.1. The van der Waals surface area contributed by atoms with E-state index in [1.54, 1.807) is 0 Å². The molecule has 0 aliphatic rings. The van der Waals surface area contributed by atoms with Gasteiger partial charge in [-0.05, 0) is 35.1 Å². The average Bonchev–Trinajstić information content (AvgIpc) is 2.17. The van der Waals surface area contributed by atoms with Crippen molar-refractivity contribution in [3.63, 3.8) is 0 Å². The van der Waals surface area contributed by atoms with Crippen LogP contribution in [0, 0.1) is 15.9 Å². The van der Waals surface area contributed by atoms with Gasteiger partial charge in [0.1, 0.15) is 4.90 Å². The standard InChI is InChI=1S/C7H5IN2O6S2.BrH/c1-3-6(8)5(17(11,12)13)2-4(10-9)7(3)18(14,15)16;/h2H,1H3,(H-,11,12,13,14,15,16);1H. The van der Waals surface area contributed by atoms with E-state index in [1.807, 2.05) is 0 Å². The van der Waals surface area contributed by atoms with E-state index in [9.17, 15) is 16.8 Å². The minimum atomic E-state index is -4.70. The van der Waals surface area contributed by atoms with E-state index in [4.69, 9.17) is 14.5 Å². The number of hydrogen-bond acceptors (Lipinski definition) is 5. The molecule has 1 aromatic rings. The van der Waals surface area contributed by atoms with Gasteiger partial charge in [0.15, 0.2) is 9.87 Å². The molecule has 0 aromatic heterocycles. The van der Waals surface area contributed by atoms with Gasteiger partial charge in [-0.3, -0.25) is 9.11 Å². The van der Waals surface area contributed by atoms with Crippen molar-refractivity contribution in [3.8, 4) is 0 Å². The van der Waals surface area contributed by atoms with E-state index in [2.05, 4.69) is 4.98 Å². The Labute approximate surface area is 133 Å². The lowest BCUT2D eigenvalue weighted by Gasteiger charge is -2.06. The van der Waals surface area contributed by atoms with Crippen LogP contribution in [-0.4, -0.2) is 25.9 Å². The van der Waals surface area contributed by atoms with Crippen LogP contribution in [0.15, 0.2) is 15.9 Å². The summed E-state index contributed by atoms with van der Waals surface area (Å²) >= 11 is 1.49. The molecule has 1 rings (SSSR count). The lowest BCUT2D eigenvalue weighted by molar-refractivity contribution is -0.0000122. The topological polar surface area (TPSA) is 137 Å². The number of hydrogen-bond donors (Lipinski definition) is 2. The molecule has 106 valence electrons. The molecule has 0 heterocycles. The molecule has 2 N–H and O–H groups in total. The minimum absolute atomic E-state index is 0. The Hall–Kier alpha value is -0.330. The number of diazo groups is 1. The maximum Gasteiger partial charge on any atom is 0.407 e. The summed E-state index contributed by atoms with van der Waals surface area (Å²) in [6.45, 7) is 1.20. The van der Waals surface area contributed by atoms with Crippen LogP contribution in [-0.2, 0) is 20.2 Å². The monoisotopic (exact) mass is 484 g/mol. The van der Waals surface area contributed by atoms with Crippen LogP contribution < -0.4 is 17.0 Å². The molecule has 19 heavy (non-hydrogen) atoms. The number of halogens is 2. The third kappa shape index (κ3) is 3.83. The first-order chi connectivity index (χ1) is 8.00. The molecule has 1 aromatic carbocycles. The van der Waals surface area contributed by atoms with Gasteiger partial charge in [0.2, 0.25) is 5.39 Å². The van der Waals surface area contributed by atoms with E-state index >= 15 is 0 Å². The Morgan fingerprint density at radius 2 is 1.68 bits per heavy atom. The molecule has 0 spiro atoms. The van der Waals surface area contributed by atoms with Gasteiger partial charge >= 0.3 is 15.8 Å². The molecular formula is C7H6BrIN2O6S2. The minimum Gasteiger partial charge on any atom is -1.00 e. The highest BCUT2D eigenvalue weighted by atomic mass is 127. The summed E-state index contributed by atoms with van der Waals surface area (Å²) in [5, 5.41) is 8.66. The highest BCUT2D eigenvalue weighted by Gasteiger charge is 2.33. The first-order valence-corrected chi connectivity index (χ1v) is 8.09. The van der Waals surface area contributed by atoms with Crippen molar-refractivity contribution >= 4 is 48.5 Å². The summed E-state index contributed by atoms with van der Waals surface area (Å²) in [6.07, 6.45) is 0. The van der Waals surface area contributed by atoms with Gasteiger partial charge < -0.3 is 17.0 Å². The molecule has 0 radical (unpaired) electrons.